The molecule has 10 aromatic rings. The van der Waals surface area contributed by atoms with Gasteiger partial charge in [-0.15, -0.1) is 0 Å². The fourth-order valence-electron chi connectivity index (χ4n) is 5.64. The summed E-state index contributed by atoms with van der Waals surface area (Å²) < 4.78 is 225. The van der Waals surface area contributed by atoms with Crippen molar-refractivity contribution >= 4 is 43.5 Å². The smallest absolute Gasteiger partial charge is 0.164 e. The third-order valence-corrected chi connectivity index (χ3v) is 7.95. The van der Waals surface area contributed by atoms with E-state index in [0.29, 0.717) is 0 Å². The summed E-state index contributed by atoms with van der Waals surface area (Å²) in [6.45, 7) is 0. The van der Waals surface area contributed by atoms with Gasteiger partial charge in [0.05, 0.1) is 34.3 Å². The Bertz CT molecular complexity index is 4290. The van der Waals surface area contributed by atoms with Gasteiger partial charge < -0.3 is 4.42 Å². The van der Waals surface area contributed by atoms with Crippen molar-refractivity contribution in [2.24, 2.45) is 0 Å². The highest BCUT2D eigenvalue weighted by molar-refractivity contribution is 6.15. The molecule has 0 bridgehead atoms. The maximum Gasteiger partial charge on any atom is 0.164 e. The van der Waals surface area contributed by atoms with Crippen LogP contribution in [0.1, 0.15) is 34.3 Å². The Balaban J connectivity index is 1.34. The first-order valence-corrected chi connectivity index (χ1v) is 15.1. The van der Waals surface area contributed by atoms with Crippen LogP contribution in [0.3, 0.4) is 0 Å². The second-order valence-electron chi connectivity index (χ2n) is 10.9. The van der Waals surface area contributed by atoms with E-state index in [1.807, 2.05) is 0 Å². The second-order valence-corrected chi connectivity index (χ2v) is 10.9. The molecule has 0 aliphatic carbocycles. The monoisotopic (exact) mass is 676 g/mol. The molecule has 0 aliphatic heterocycles. The predicted molar refractivity (Wildman–Crippen MR) is 209 cm³/mol. The van der Waals surface area contributed by atoms with Gasteiger partial charge in [0.2, 0.25) is 0 Å². The minimum absolute atomic E-state index is 0.120. The molecule has 10 rings (SSSR count). The van der Waals surface area contributed by atoms with E-state index < -0.39 is 212 Å². The SMILES string of the molecule is [2H]c1c([2H])c([2H])c(-c2ccc(-c3c([2H])c([2H])c([2H])c4c3oc3c([2H])c([2H])c([2H])c(-c5nc(-c6c([2H])c([2H])c([2H])c([2H])c6[2H])nc(-c6c([2H])c([2H])c7c([2H])c([2H])c8c([2H])c([2H])c([2H])c([2H])c8c7c6[2H])n5)c34)cc2)c([2H])c1[2H]. The lowest BCUT2D eigenvalue weighted by molar-refractivity contribution is 0.670. The highest BCUT2D eigenvalue weighted by Gasteiger charge is 2.20. The molecule has 8 aromatic carbocycles. The zero-order valence-electron chi connectivity index (χ0n) is 50.6. The third-order valence-electron chi connectivity index (χ3n) is 7.95. The van der Waals surface area contributed by atoms with Gasteiger partial charge in [-0.2, -0.15) is 0 Å². The second kappa shape index (κ2) is 11.9. The van der Waals surface area contributed by atoms with Crippen molar-refractivity contribution < 1.29 is 38.7 Å². The molecule has 4 nitrogen and oxygen atoms in total. The Morgan fingerprint density at radius 3 is 1.78 bits per heavy atom. The van der Waals surface area contributed by atoms with Gasteiger partial charge in [0.25, 0.3) is 0 Å². The number of rotatable bonds is 5. The fourth-order valence-corrected chi connectivity index (χ4v) is 5.64. The highest BCUT2D eigenvalue weighted by atomic mass is 16.3. The van der Waals surface area contributed by atoms with E-state index >= 15 is 0 Å². The molecule has 2 heterocycles. The molecule has 0 spiro atoms. The Morgan fingerprint density at radius 2 is 0.980 bits per heavy atom. The van der Waals surface area contributed by atoms with Crippen LogP contribution >= 0.6 is 0 Å². The fraction of sp³-hybridized carbons (Fsp3) is 0. The van der Waals surface area contributed by atoms with E-state index in [9.17, 15) is 5.48 Å². The van der Waals surface area contributed by atoms with Gasteiger partial charge in [-0.05, 0) is 50.3 Å². The van der Waals surface area contributed by atoms with Crippen LogP contribution in [0.2, 0.25) is 0 Å². The quantitative estimate of drug-likeness (QED) is 0.170. The van der Waals surface area contributed by atoms with Crippen LogP contribution in [0.5, 0.6) is 0 Å². The van der Waals surface area contributed by atoms with E-state index in [0.717, 1.165) is 0 Å². The summed E-state index contributed by atoms with van der Waals surface area (Å²) in [5.74, 6) is -2.32. The summed E-state index contributed by atoms with van der Waals surface area (Å²) >= 11 is 0. The van der Waals surface area contributed by atoms with Crippen molar-refractivity contribution in [3.63, 3.8) is 0 Å². The van der Waals surface area contributed by atoms with Gasteiger partial charge in [0.1, 0.15) is 11.2 Å². The molecule has 0 saturated carbocycles. The highest BCUT2D eigenvalue weighted by Crippen LogP contribution is 2.41. The summed E-state index contributed by atoms with van der Waals surface area (Å²) in [6.07, 6.45) is 0. The van der Waals surface area contributed by atoms with Crippen molar-refractivity contribution in [3.8, 4) is 56.4 Å². The molecule has 0 amide bonds. The van der Waals surface area contributed by atoms with Gasteiger partial charge in [-0.3, -0.25) is 0 Å². The average molecular weight is 677 g/mol. The normalized spacial score (nSPS) is 18.4. The third kappa shape index (κ3) is 5.04. The number of furan rings is 1. The summed E-state index contributed by atoms with van der Waals surface area (Å²) in [6, 6.07) is -13.2. The van der Waals surface area contributed by atoms with Gasteiger partial charge in [-0.1, -0.05) is 163 Å². The van der Waals surface area contributed by atoms with Crippen molar-refractivity contribution in [2.45, 2.75) is 0 Å². The first kappa shape index (κ1) is 13.4. The van der Waals surface area contributed by atoms with Gasteiger partial charge in [0.15, 0.2) is 17.5 Å². The van der Waals surface area contributed by atoms with Crippen LogP contribution in [0.25, 0.3) is 99.9 Å². The van der Waals surface area contributed by atoms with E-state index in [-0.39, 0.29) is 38.6 Å². The molecule has 0 atom stereocenters. The lowest BCUT2D eigenvalue weighted by Crippen LogP contribution is -2.00. The molecule has 4 heteroatoms. The minimum Gasteiger partial charge on any atom is -0.455 e. The molecular formula is C47H29N3O. The van der Waals surface area contributed by atoms with E-state index in [4.69, 9.17) is 33.2 Å². The van der Waals surface area contributed by atoms with Crippen molar-refractivity contribution in [1.82, 2.24) is 15.0 Å². The summed E-state index contributed by atoms with van der Waals surface area (Å²) in [5.41, 5.74) is -2.88. The summed E-state index contributed by atoms with van der Waals surface area (Å²) in [4.78, 5) is 13.4. The zero-order valence-corrected chi connectivity index (χ0v) is 25.6. The van der Waals surface area contributed by atoms with E-state index in [1.54, 1.807) is 0 Å². The summed E-state index contributed by atoms with van der Waals surface area (Å²) in [5, 5.41) is -2.75. The lowest BCUT2D eigenvalue weighted by Gasteiger charge is -2.10. The van der Waals surface area contributed by atoms with Crippen molar-refractivity contribution in [3.05, 3.63) is 175 Å². The number of hydrogen-bond donors (Lipinski definition) is 0. The molecule has 0 N–H and O–H groups in total. The molecule has 238 valence electrons. The molecule has 0 fully saturated rings. The zero-order chi connectivity index (χ0) is 55.5. The van der Waals surface area contributed by atoms with Crippen LogP contribution < -0.4 is 0 Å². The number of benzene rings is 8. The first-order chi connectivity index (χ1) is 35.7. The molecule has 0 saturated heterocycles. The van der Waals surface area contributed by atoms with Crippen LogP contribution in [-0.2, 0) is 0 Å². The Morgan fingerprint density at radius 1 is 0.392 bits per heavy atom. The molecular weight excluding hydrogens is 623 g/mol. The summed E-state index contributed by atoms with van der Waals surface area (Å²) in [7, 11) is 0. The molecule has 0 aliphatic rings. The number of fused-ring (bicyclic) bond motifs is 6. The maximum atomic E-state index is 9.62. The number of para-hydroxylation sites is 1. The molecule has 0 radical (unpaired) electrons. The van der Waals surface area contributed by atoms with Crippen LogP contribution in [0.15, 0.2) is 180 Å². The van der Waals surface area contributed by atoms with Crippen LogP contribution in [-0.4, -0.2) is 15.0 Å². The number of aromatic nitrogens is 3. The van der Waals surface area contributed by atoms with E-state index in [2.05, 4.69) is 15.0 Å². The largest absolute Gasteiger partial charge is 0.455 e. The predicted octanol–water partition coefficient (Wildman–Crippen LogP) is 12.4. The molecule has 0 unspecified atom stereocenters. The van der Waals surface area contributed by atoms with Crippen LogP contribution in [0.4, 0.5) is 0 Å². The minimum atomic E-state index is -0.903. The van der Waals surface area contributed by atoms with Crippen molar-refractivity contribution in [2.75, 3.05) is 0 Å². The Hall–Kier alpha value is -6.91. The number of hydrogen-bond acceptors (Lipinski definition) is 4. The topological polar surface area (TPSA) is 51.8 Å². The van der Waals surface area contributed by atoms with Gasteiger partial charge >= 0.3 is 0 Å². The van der Waals surface area contributed by atoms with Gasteiger partial charge in [-0.25, -0.2) is 15.0 Å². The van der Waals surface area contributed by atoms with Crippen molar-refractivity contribution in [1.29, 1.82) is 0 Å². The maximum absolute atomic E-state index is 9.62. The first-order valence-electron chi connectivity index (χ1n) is 27.6. The number of nitrogens with zero attached hydrogens (tertiary/aromatic N) is 3. The lowest BCUT2D eigenvalue weighted by atomic mass is 9.98. The molecule has 2 aromatic heterocycles. The standard InChI is InChI=1S/C47H29N3O/c1-3-11-30(12-4-1)31-21-23-33(24-22-31)38-17-9-18-39-43-40(19-10-20-42(43)51-44(38)39)47-49-45(35-14-5-2-6-15-35)48-46(50-47)36-28-27-34-26-25-32-13-7-8-16-37(32)41(34)29-36/h1-29H/i1D,2D,3D,4D,5D,6D,7D,8D,9D,10D,11D,12D,13D,14D,15D,16D,17D,18D,19D,20D,25D,26D,27D,28D,29D. The van der Waals surface area contributed by atoms with Crippen LogP contribution in [0, 0.1) is 0 Å². The Kier molecular flexibility index (Phi) is 3.13. The Labute approximate surface area is 329 Å². The average Bonchev–Trinajstić information content (AvgIpc) is 3.87. The van der Waals surface area contributed by atoms with E-state index in [1.165, 1.54) is 24.3 Å². The molecule has 51 heavy (non-hydrogen) atoms. The van der Waals surface area contributed by atoms with Gasteiger partial charge in [0, 0.05) is 33.0 Å².